The van der Waals surface area contributed by atoms with E-state index >= 15 is 0 Å². The number of benzene rings is 1. The first-order valence-corrected chi connectivity index (χ1v) is 7.36. The van der Waals surface area contributed by atoms with E-state index in [2.05, 4.69) is 0 Å². The highest BCUT2D eigenvalue weighted by Crippen LogP contribution is 2.29. The Bertz CT molecular complexity index is 458. The monoisotopic (exact) mass is 278 g/mol. The smallest absolute Gasteiger partial charge is 0.223 e. The number of hydrogen-bond acceptors (Lipinski definition) is 2. The summed E-state index contributed by atoms with van der Waals surface area (Å²) in [7, 11) is 0. The van der Waals surface area contributed by atoms with Gasteiger partial charge >= 0.3 is 0 Å². The maximum atomic E-state index is 13.7. The van der Waals surface area contributed by atoms with Crippen LogP contribution in [0.15, 0.2) is 24.3 Å². The van der Waals surface area contributed by atoms with Crippen molar-refractivity contribution in [3.63, 3.8) is 0 Å². The van der Waals surface area contributed by atoms with E-state index < -0.39 is 0 Å². The Balaban J connectivity index is 1.93. The molecule has 0 saturated heterocycles. The van der Waals surface area contributed by atoms with Gasteiger partial charge in [-0.3, -0.25) is 4.79 Å². The highest BCUT2D eigenvalue weighted by atomic mass is 19.1. The maximum Gasteiger partial charge on any atom is 0.223 e. The average Bonchev–Trinajstić information content (AvgIpc) is 3.21. The lowest BCUT2D eigenvalue weighted by Gasteiger charge is -2.23. The highest BCUT2D eigenvalue weighted by Gasteiger charge is 2.32. The quantitative estimate of drug-likeness (QED) is 0.833. The fourth-order valence-electron chi connectivity index (χ4n) is 2.34. The van der Waals surface area contributed by atoms with Crippen LogP contribution in [0.1, 0.15) is 44.6 Å². The summed E-state index contributed by atoms with van der Waals surface area (Å²) in [6.45, 7) is 2.33. The van der Waals surface area contributed by atoms with Gasteiger partial charge in [0.2, 0.25) is 5.91 Å². The Kier molecular flexibility index (Phi) is 5.12. The molecular weight excluding hydrogens is 255 g/mol. The van der Waals surface area contributed by atoms with Crippen molar-refractivity contribution in [2.75, 3.05) is 0 Å². The van der Waals surface area contributed by atoms with Crippen LogP contribution in [-0.4, -0.2) is 22.9 Å². The van der Waals surface area contributed by atoms with E-state index in [1.807, 2.05) is 17.9 Å². The standard InChI is InChI=1S/C16H23FN2O/c1-12(18)5-4-8-16(20)19(14-9-10-14)11-13-6-2-3-7-15(13)17/h2-3,6-7,12,14H,4-5,8-11,18H2,1H3. The molecule has 1 atom stereocenters. The maximum absolute atomic E-state index is 13.7. The fraction of sp³-hybridized carbons (Fsp3) is 0.562. The molecule has 1 amide bonds. The lowest BCUT2D eigenvalue weighted by atomic mass is 10.1. The Morgan fingerprint density at radius 3 is 2.75 bits per heavy atom. The summed E-state index contributed by atoms with van der Waals surface area (Å²) >= 11 is 0. The lowest BCUT2D eigenvalue weighted by Crippen LogP contribution is -2.33. The van der Waals surface area contributed by atoms with E-state index in [4.69, 9.17) is 5.73 Å². The van der Waals surface area contributed by atoms with E-state index in [0.717, 1.165) is 25.7 Å². The van der Waals surface area contributed by atoms with Crippen molar-refractivity contribution < 1.29 is 9.18 Å². The average molecular weight is 278 g/mol. The topological polar surface area (TPSA) is 46.3 Å². The van der Waals surface area contributed by atoms with Crippen molar-refractivity contribution in [1.29, 1.82) is 0 Å². The van der Waals surface area contributed by atoms with E-state index in [9.17, 15) is 9.18 Å². The summed E-state index contributed by atoms with van der Waals surface area (Å²) in [4.78, 5) is 14.1. The normalized spacial score (nSPS) is 15.9. The minimum atomic E-state index is -0.235. The third kappa shape index (κ3) is 4.30. The molecular formula is C16H23FN2O. The van der Waals surface area contributed by atoms with Crippen molar-refractivity contribution >= 4 is 5.91 Å². The van der Waals surface area contributed by atoms with Crippen LogP contribution in [0.3, 0.4) is 0 Å². The SMILES string of the molecule is CC(N)CCCC(=O)N(Cc1ccccc1F)C1CC1. The molecule has 1 aromatic rings. The Labute approximate surface area is 120 Å². The third-order valence-corrected chi connectivity index (χ3v) is 3.66. The minimum absolute atomic E-state index is 0.122. The van der Waals surface area contributed by atoms with E-state index in [1.54, 1.807) is 12.1 Å². The summed E-state index contributed by atoms with van der Waals surface area (Å²) in [5.74, 6) is -0.113. The summed E-state index contributed by atoms with van der Waals surface area (Å²) in [5.41, 5.74) is 6.29. The van der Waals surface area contributed by atoms with Crippen LogP contribution < -0.4 is 5.73 Å². The van der Waals surface area contributed by atoms with Gasteiger partial charge < -0.3 is 10.6 Å². The van der Waals surface area contributed by atoms with Crippen LogP contribution in [0.5, 0.6) is 0 Å². The second kappa shape index (κ2) is 6.84. The van der Waals surface area contributed by atoms with E-state index in [0.29, 0.717) is 24.6 Å². The molecule has 3 nitrogen and oxygen atoms in total. The number of rotatable bonds is 7. The molecule has 1 unspecified atom stereocenters. The number of hydrogen-bond donors (Lipinski definition) is 1. The minimum Gasteiger partial charge on any atom is -0.335 e. The first-order valence-electron chi connectivity index (χ1n) is 7.36. The van der Waals surface area contributed by atoms with E-state index in [-0.39, 0.29) is 17.8 Å². The van der Waals surface area contributed by atoms with Crippen molar-refractivity contribution in [1.82, 2.24) is 4.90 Å². The largest absolute Gasteiger partial charge is 0.335 e. The number of nitrogens with zero attached hydrogens (tertiary/aromatic N) is 1. The molecule has 0 aromatic heterocycles. The van der Waals surface area contributed by atoms with Crippen LogP contribution in [-0.2, 0) is 11.3 Å². The third-order valence-electron chi connectivity index (χ3n) is 3.66. The lowest BCUT2D eigenvalue weighted by molar-refractivity contribution is -0.132. The van der Waals surface area contributed by atoms with Gasteiger partial charge in [-0.05, 0) is 38.7 Å². The van der Waals surface area contributed by atoms with Crippen molar-refractivity contribution in [3.05, 3.63) is 35.6 Å². The molecule has 0 radical (unpaired) electrons. The van der Waals surface area contributed by atoms with Gasteiger partial charge in [0.15, 0.2) is 0 Å². The molecule has 1 aromatic carbocycles. The molecule has 1 saturated carbocycles. The summed E-state index contributed by atoms with van der Waals surface area (Å²) < 4.78 is 13.7. The number of carbonyl (C=O) groups is 1. The molecule has 2 rings (SSSR count). The van der Waals surface area contributed by atoms with Gasteiger partial charge in [-0.1, -0.05) is 18.2 Å². The predicted molar refractivity (Wildman–Crippen MR) is 77.5 cm³/mol. The molecule has 0 heterocycles. The molecule has 4 heteroatoms. The number of amides is 1. The van der Waals surface area contributed by atoms with Gasteiger partial charge in [-0.15, -0.1) is 0 Å². The second-order valence-corrected chi connectivity index (χ2v) is 5.71. The Morgan fingerprint density at radius 2 is 2.15 bits per heavy atom. The van der Waals surface area contributed by atoms with Gasteiger partial charge in [0.05, 0.1) is 0 Å². The summed E-state index contributed by atoms with van der Waals surface area (Å²) in [6, 6.07) is 7.11. The number of carbonyl (C=O) groups excluding carboxylic acids is 1. The summed E-state index contributed by atoms with van der Waals surface area (Å²) in [5, 5.41) is 0. The first kappa shape index (κ1) is 15.0. The first-order chi connectivity index (χ1) is 9.58. The van der Waals surface area contributed by atoms with Crippen molar-refractivity contribution in [2.24, 2.45) is 5.73 Å². The zero-order valence-corrected chi connectivity index (χ0v) is 12.0. The Hall–Kier alpha value is -1.42. The van der Waals surface area contributed by atoms with E-state index in [1.165, 1.54) is 6.07 Å². The van der Waals surface area contributed by atoms with Crippen LogP contribution in [0.2, 0.25) is 0 Å². The van der Waals surface area contributed by atoms with Gasteiger partial charge in [0, 0.05) is 30.6 Å². The number of halogens is 1. The predicted octanol–water partition coefficient (Wildman–Crippen LogP) is 2.83. The molecule has 2 N–H and O–H groups in total. The van der Waals surface area contributed by atoms with Crippen LogP contribution >= 0.6 is 0 Å². The van der Waals surface area contributed by atoms with Gasteiger partial charge in [0.25, 0.3) is 0 Å². The van der Waals surface area contributed by atoms with Gasteiger partial charge in [-0.2, -0.15) is 0 Å². The molecule has 20 heavy (non-hydrogen) atoms. The van der Waals surface area contributed by atoms with Gasteiger partial charge in [0.1, 0.15) is 5.82 Å². The van der Waals surface area contributed by atoms with Gasteiger partial charge in [-0.25, -0.2) is 4.39 Å². The molecule has 0 aliphatic heterocycles. The highest BCUT2D eigenvalue weighted by molar-refractivity contribution is 5.76. The second-order valence-electron chi connectivity index (χ2n) is 5.71. The van der Waals surface area contributed by atoms with Crippen molar-refractivity contribution in [2.45, 2.75) is 57.7 Å². The van der Waals surface area contributed by atoms with Crippen molar-refractivity contribution in [3.8, 4) is 0 Å². The Morgan fingerprint density at radius 1 is 1.45 bits per heavy atom. The molecule has 0 bridgehead atoms. The van der Waals surface area contributed by atoms with Crippen LogP contribution in [0.25, 0.3) is 0 Å². The molecule has 0 spiro atoms. The fourth-order valence-corrected chi connectivity index (χ4v) is 2.34. The molecule has 1 aliphatic carbocycles. The molecule has 1 aliphatic rings. The molecule has 110 valence electrons. The molecule has 1 fully saturated rings. The summed E-state index contributed by atoms with van der Waals surface area (Å²) in [6.07, 6.45) is 4.23. The van der Waals surface area contributed by atoms with Crippen LogP contribution in [0, 0.1) is 5.82 Å². The van der Waals surface area contributed by atoms with Crippen LogP contribution in [0.4, 0.5) is 4.39 Å². The zero-order valence-electron chi connectivity index (χ0n) is 12.0. The number of nitrogens with two attached hydrogens (primary N) is 1. The zero-order chi connectivity index (χ0) is 14.5.